The zero-order chi connectivity index (χ0) is 12.4. The van der Waals surface area contributed by atoms with Gasteiger partial charge in [-0.25, -0.2) is 4.39 Å². The van der Waals surface area contributed by atoms with Gasteiger partial charge in [-0.1, -0.05) is 32.9 Å². The van der Waals surface area contributed by atoms with Gasteiger partial charge in [-0.2, -0.15) is 0 Å². The van der Waals surface area contributed by atoms with Crippen LogP contribution >= 0.6 is 0 Å². The molecule has 1 atom stereocenters. The Morgan fingerprint density at radius 2 is 1.62 bits per heavy atom. The van der Waals surface area contributed by atoms with E-state index >= 15 is 0 Å². The van der Waals surface area contributed by atoms with E-state index in [1.165, 1.54) is 12.1 Å². The lowest BCUT2D eigenvalue weighted by molar-refractivity contribution is -0.0539. The predicted molar refractivity (Wildman–Crippen MR) is 64.8 cm³/mol. The Morgan fingerprint density at radius 1 is 1.12 bits per heavy atom. The summed E-state index contributed by atoms with van der Waals surface area (Å²) in [6, 6.07) is 6.49. The topological polar surface area (TPSA) is 20.2 Å². The second-order valence-electron chi connectivity index (χ2n) is 5.31. The molecule has 0 aliphatic carbocycles. The smallest absolute Gasteiger partial charge is 0.123 e. The Kier molecular flexibility index (Phi) is 3.74. The van der Waals surface area contributed by atoms with Crippen LogP contribution in [-0.4, -0.2) is 10.7 Å². The summed E-state index contributed by atoms with van der Waals surface area (Å²) in [7, 11) is 0. The molecular weight excluding hydrogens is 203 g/mol. The van der Waals surface area contributed by atoms with Crippen LogP contribution in [0.3, 0.4) is 0 Å². The van der Waals surface area contributed by atoms with Gasteiger partial charge in [0.25, 0.3) is 0 Å². The molecular formula is C14H21FO. The first-order valence-electron chi connectivity index (χ1n) is 5.75. The van der Waals surface area contributed by atoms with Crippen LogP contribution < -0.4 is 0 Å². The molecule has 2 heteroatoms. The number of rotatable bonds is 4. The van der Waals surface area contributed by atoms with Crippen LogP contribution in [-0.2, 0) is 6.42 Å². The fourth-order valence-electron chi connectivity index (χ4n) is 1.78. The molecule has 0 aliphatic heterocycles. The highest BCUT2D eigenvalue weighted by Gasteiger charge is 2.37. The first kappa shape index (κ1) is 13.2. The van der Waals surface area contributed by atoms with Crippen molar-refractivity contribution >= 4 is 0 Å². The standard InChI is InChI=1S/C14H21FO/c1-5-14(4,16)13(2,3)10-11-6-8-12(15)9-7-11/h6-9,16H,5,10H2,1-4H3. The van der Waals surface area contributed by atoms with Gasteiger partial charge in [-0.05, 0) is 42.9 Å². The molecule has 0 amide bonds. The van der Waals surface area contributed by atoms with Gasteiger partial charge in [0.15, 0.2) is 0 Å². The summed E-state index contributed by atoms with van der Waals surface area (Å²) in [5, 5.41) is 10.3. The first-order valence-corrected chi connectivity index (χ1v) is 5.75. The molecule has 0 spiro atoms. The van der Waals surface area contributed by atoms with Gasteiger partial charge >= 0.3 is 0 Å². The summed E-state index contributed by atoms with van der Waals surface area (Å²) in [5.41, 5.74) is 0.126. The zero-order valence-corrected chi connectivity index (χ0v) is 10.5. The Balaban J connectivity index is 2.84. The predicted octanol–water partition coefficient (Wildman–Crippen LogP) is 3.56. The Bertz CT molecular complexity index is 338. The minimum Gasteiger partial charge on any atom is -0.390 e. The molecule has 90 valence electrons. The van der Waals surface area contributed by atoms with Gasteiger partial charge in [0.1, 0.15) is 5.82 Å². The largest absolute Gasteiger partial charge is 0.390 e. The molecule has 0 bridgehead atoms. The molecule has 1 unspecified atom stereocenters. The molecule has 0 radical (unpaired) electrons. The molecule has 16 heavy (non-hydrogen) atoms. The van der Waals surface area contributed by atoms with E-state index < -0.39 is 5.60 Å². The molecule has 0 heterocycles. The summed E-state index contributed by atoms with van der Waals surface area (Å²) in [5.74, 6) is -0.219. The van der Waals surface area contributed by atoms with Crippen molar-refractivity contribution in [2.24, 2.45) is 5.41 Å². The van der Waals surface area contributed by atoms with Crippen molar-refractivity contribution in [2.45, 2.75) is 46.1 Å². The van der Waals surface area contributed by atoms with Gasteiger partial charge < -0.3 is 5.11 Å². The van der Waals surface area contributed by atoms with E-state index in [2.05, 4.69) is 0 Å². The van der Waals surface area contributed by atoms with E-state index in [4.69, 9.17) is 0 Å². The third-order valence-electron chi connectivity index (χ3n) is 3.71. The maximum atomic E-state index is 12.8. The molecule has 1 N–H and O–H groups in total. The normalized spacial score (nSPS) is 15.9. The van der Waals surface area contributed by atoms with Crippen molar-refractivity contribution in [2.75, 3.05) is 0 Å². The molecule has 0 saturated heterocycles. The molecule has 0 fully saturated rings. The molecule has 0 saturated carbocycles. The maximum Gasteiger partial charge on any atom is 0.123 e. The lowest BCUT2D eigenvalue weighted by Gasteiger charge is -2.39. The SMILES string of the molecule is CCC(C)(O)C(C)(C)Cc1ccc(F)cc1. The maximum absolute atomic E-state index is 12.8. The minimum absolute atomic E-state index is 0.219. The highest BCUT2D eigenvalue weighted by Crippen LogP contribution is 2.36. The molecule has 1 aromatic rings. The highest BCUT2D eigenvalue weighted by molar-refractivity contribution is 5.18. The van der Waals surface area contributed by atoms with Crippen LogP contribution in [0.2, 0.25) is 0 Å². The van der Waals surface area contributed by atoms with E-state index in [0.717, 1.165) is 12.0 Å². The number of halogens is 1. The van der Waals surface area contributed by atoms with E-state index in [9.17, 15) is 9.50 Å². The van der Waals surface area contributed by atoms with E-state index in [1.807, 2.05) is 27.7 Å². The monoisotopic (exact) mass is 224 g/mol. The fraction of sp³-hybridized carbons (Fsp3) is 0.571. The van der Waals surface area contributed by atoms with E-state index in [0.29, 0.717) is 6.42 Å². The highest BCUT2D eigenvalue weighted by atomic mass is 19.1. The van der Waals surface area contributed by atoms with Crippen molar-refractivity contribution in [3.8, 4) is 0 Å². The summed E-state index contributed by atoms with van der Waals surface area (Å²) >= 11 is 0. The quantitative estimate of drug-likeness (QED) is 0.829. The summed E-state index contributed by atoms with van der Waals surface area (Å²) < 4.78 is 12.8. The first-order chi connectivity index (χ1) is 7.28. The van der Waals surface area contributed by atoms with Crippen molar-refractivity contribution in [1.82, 2.24) is 0 Å². The average Bonchev–Trinajstić information content (AvgIpc) is 2.21. The molecule has 1 rings (SSSR count). The fourth-order valence-corrected chi connectivity index (χ4v) is 1.78. The number of hydrogen-bond acceptors (Lipinski definition) is 1. The van der Waals surface area contributed by atoms with Gasteiger partial charge in [0, 0.05) is 0 Å². The van der Waals surface area contributed by atoms with Crippen LogP contribution in [0.25, 0.3) is 0 Å². The Hall–Kier alpha value is -0.890. The van der Waals surface area contributed by atoms with E-state index in [1.54, 1.807) is 12.1 Å². The van der Waals surface area contributed by atoms with Crippen molar-refractivity contribution in [1.29, 1.82) is 0 Å². The van der Waals surface area contributed by atoms with Crippen molar-refractivity contribution < 1.29 is 9.50 Å². The zero-order valence-electron chi connectivity index (χ0n) is 10.5. The van der Waals surface area contributed by atoms with Crippen molar-refractivity contribution in [3.63, 3.8) is 0 Å². The third kappa shape index (κ3) is 2.82. The van der Waals surface area contributed by atoms with Crippen LogP contribution in [0.1, 0.15) is 39.7 Å². The van der Waals surface area contributed by atoms with Gasteiger partial charge in [-0.15, -0.1) is 0 Å². The van der Waals surface area contributed by atoms with Crippen LogP contribution in [0.15, 0.2) is 24.3 Å². The summed E-state index contributed by atoms with van der Waals surface area (Å²) in [4.78, 5) is 0. The lowest BCUT2D eigenvalue weighted by Crippen LogP contribution is -2.42. The lowest BCUT2D eigenvalue weighted by atomic mass is 9.71. The minimum atomic E-state index is -0.707. The second kappa shape index (κ2) is 4.54. The second-order valence-corrected chi connectivity index (χ2v) is 5.31. The molecule has 0 aliphatic rings. The van der Waals surface area contributed by atoms with Gasteiger partial charge in [0.05, 0.1) is 5.60 Å². The number of benzene rings is 1. The van der Waals surface area contributed by atoms with Gasteiger partial charge in [0.2, 0.25) is 0 Å². The third-order valence-corrected chi connectivity index (χ3v) is 3.71. The molecule has 1 aromatic carbocycles. The Morgan fingerprint density at radius 3 is 2.06 bits per heavy atom. The Labute approximate surface area is 97.3 Å². The number of aliphatic hydroxyl groups is 1. The summed E-state index contributed by atoms with van der Waals surface area (Å²) in [6.07, 6.45) is 1.45. The van der Waals surface area contributed by atoms with Crippen LogP contribution in [0.4, 0.5) is 4.39 Å². The van der Waals surface area contributed by atoms with Crippen LogP contribution in [0, 0.1) is 11.2 Å². The van der Waals surface area contributed by atoms with Gasteiger partial charge in [-0.3, -0.25) is 0 Å². The average molecular weight is 224 g/mol. The summed E-state index contributed by atoms with van der Waals surface area (Å²) in [6.45, 7) is 7.92. The molecule has 0 aromatic heterocycles. The van der Waals surface area contributed by atoms with Crippen molar-refractivity contribution in [3.05, 3.63) is 35.6 Å². The van der Waals surface area contributed by atoms with Crippen LogP contribution in [0.5, 0.6) is 0 Å². The van der Waals surface area contributed by atoms with E-state index in [-0.39, 0.29) is 11.2 Å². The molecule has 1 nitrogen and oxygen atoms in total. The number of hydrogen-bond donors (Lipinski definition) is 1.